The molecule has 0 unspecified atom stereocenters. The van der Waals surface area contributed by atoms with E-state index >= 15 is 0 Å². The molecule has 4 rings (SSSR count). The Morgan fingerprint density at radius 3 is 2.50 bits per heavy atom. The Morgan fingerprint density at radius 1 is 1.04 bits per heavy atom. The molecule has 0 aliphatic carbocycles. The predicted octanol–water partition coefficient (Wildman–Crippen LogP) is 4.92. The zero-order valence-corrected chi connectivity index (χ0v) is 14.7. The van der Waals surface area contributed by atoms with E-state index < -0.39 is 0 Å². The SMILES string of the molecule is O=C(Nc1ccc(Cl)cc1)N1CCn2cccc2[C@H]1c1ccc(F)cc1. The summed E-state index contributed by atoms with van der Waals surface area (Å²) in [4.78, 5) is 14.7. The lowest BCUT2D eigenvalue weighted by atomic mass is 10.0. The summed E-state index contributed by atoms with van der Waals surface area (Å²) in [6.45, 7) is 1.28. The number of nitrogens with zero attached hydrogens (tertiary/aromatic N) is 2. The second kappa shape index (κ2) is 6.84. The van der Waals surface area contributed by atoms with Gasteiger partial charge in [0, 0.05) is 35.7 Å². The fourth-order valence-electron chi connectivity index (χ4n) is 3.33. The van der Waals surface area contributed by atoms with Gasteiger partial charge in [0.25, 0.3) is 0 Å². The van der Waals surface area contributed by atoms with Crippen molar-refractivity contribution in [1.82, 2.24) is 9.47 Å². The smallest absolute Gasteiger partial charge is 0.322 e. The highest BCUT2D eigenvalue weighted by Crippen LogP contribution is 2.33. The Labute approximate surface area is 155 Å². The van der Waals surface area contributed by atoms with Crippen molar-refractivity contribution < 1.29 is 9.18 Å². The van der Waals surface area contributed by atoms with E-state index in [9.17, 15) is 9.18 Å². The number of hydrogen-bond acceptors (Lipinski definition) is 1. The molecule has 1 atom stereocenters. The number of carbonyl (C=O) groups excluding carboxylic acids is 1. The van der Waals surface area contributed by atoms with E-state index in [4.69, 9.17) is 11.6 Å². The maximum absolute atomic E-state index is 13.4. The van der Waals surface area contributed by atoms with Gasteiger partial charge in [0.15, 0.2) is 0 Å². The topological polar surface area (TPSA) is 37.3 Å². The van der Waals surface area contributed by atoms with Gasteiger partial charge in [0.05, 0.1) is 6.04 Å². The maximum Gasteiger partial charge on any atom is 0.322 e. The second-order valence-electron chi connectivity index (χ2n) is 6.21. The zero-order valence-electron chi connectivity index (χ0n) is 13.9. The molecule has 0 saturated heterocycles. The van der Waals surface area contributed by atoms with Crippen LogP contribution in [0.1, 0.15) is 17.3 Å². The lowest BCUT2D eigenvalue weighted by molar-refractivity contribution is 0.182. The van der Waals surface area contributed by atoms with Crippen LogP contribution in [-0.2, 0) is 6.54 Å². The number of amides is 2. The average Bonchev–Trinajstić information content (AvgIpc) is 3.12. The van der Waals surface area contributed by atoms with Crippen LogP contribution in [0.25, 0.3) is 0 Å². The van der Waals surface area contributed by atoms with E-state index in [1.165, 1.54) is 12.1 Å². The number of benzene rings is 2. The minimum absolute atomic E-state index is 0.200. The normalized spacial score (nSPS) is 16.2. The van der Waals surface area contributed by atoms with Crippen molar-refractivity contribution in [2.45, 2.75) is 12.6 Å². The Hall–Kier alpha value is -2.79. The minimum atomic E-state index is -0.294. The highest BCUT2D eigenvalue weighted by molar-refractivity contribution is 6.30. The summed E-state index contributed by atoms with van der Waals surface area (Å²) in [6.07, 6.45) is 2.00. The molecule has 1 aliphatic rings. The molecule has 1 N–H and O–H groups in total. The number of halogens is 2. The van der Waals surface area contributed by atoms with Gasteiger partial charge in [-0.25, -0.2) is 9.18 Å². The van der Waals surface area contributed by atoms with E-state index in [1.807, 2.05) is 18.3 Å². The van der Waals surface area contributed by atoms with E-state index in [0.717, 1.165) is 11.3 Å². The van der Waals surface area contributed by atoms with Crippen LogP contribution in [0.15, 0.2) is 66.9 Å². The van der Waals surface area contributed by atoms with Gasteiger partial charge in [-0.3, -0.25) is 0 Å². The summed E-state index contributed by atoms with van der Waals surface area (Å²) < 4.78 is 15.5. The molecule has 1 aliphatic heterocycles. The highest BCUT2D eigenvalue weighted by atomic mass is 35.5. The molecular weight excluding hydrogens is 353 g/mol. The van der Waals surface area contributed by atoms with Crippen LogP contribution >= 0.6 is 11.6 Å². The summed E-state index contributed by atoms with van der Waals surface area (Å²) in [6, 6.07) is 16.8. The van der Waals surface area contributed by atoms with Gasteiger partial charge in [-0.2, -0.15) is 0 Å². The van der Waals surface area contributed by atoms with Crippen LogP contribution < -0.4 is 5.32 Å². The number of nitrogens with one attached hydrogen (secondary N) is 1. The molecule has 2 heterocycles. The van der Waals surface area contributed by atoms with Crippen LogP contribution in [0.4, 0.5) is 14.9 Å². The molecule has 1 aromatic heterocycles. The molecule has 0 spiro atoms. The number of hydrogen-bond donors (Lipinski definition) is 1. The van der Waals surface area contributed by atoms with Crippen LogP contribution in [0.2, 0.25) is 5.02 Å². The van der Waals surface area contributed by atoms with Crippen molar-refractivity contribution >= 4 is 23.3 Å². The minimum Gasteiger partial charge on any atom is -0.348 e. The Kier molecular flexibility index (Phi) is 4.39. The van der Waals surface area contributed by atoms with Crippen molar-refractivity contribution in [3.8, 4) is 0 Å². The molecule has 0 bridgehead atoms. The standard InChI is InChI=1S/C20H17ClFN3O/c21-15-5-9-17(10-6-15)23-20(26)25-13-12-24-11-1-2-18(24)19(25)14-3-7-16(22)8-4-14/h1-11,19H,12-13H2,(H,23,26)/t19-/m1/s1. The summed E-state index contributed by atoms with van der Waals surface area (Å²) in [5.74, 6) is -0.294. The van der Waals surface area contributed by atoms with Crippen molar-refractivity contribution in [3.05, 3.63) is 89.0 Å². The molecular formula is C20H17ClFN3O. The summed E-state index contributed by atoms with van der Waals surface area (Å²) in [7, 11) is 0. The van der Waals surface area contributed by atoms with Gasteiger partial charge in [-0.05, 0) is 54.1 Å². The van der Waals surface area contributed by atoms with Crippen LogP contribution in [0, 0.1) is 5.82 Å². The lowest BCUT2D eigenvalue weighted by Gasteiger charge is -2.37. The highest BCUT2D eigenvalue weighted by Gasteiger charge is 2.32. The van der Waals surface area contributed by atoms with Crippen LogP contribution in [-0.4, -0.2) is 22.0 Å². The van der Waals surface area contributed by atoms with Gasteiger partial charge < -0.3 is 14.8 Å². The molecule has 2 amide bonds. The van der Waals surface area contributed by atoms with Crippen LogP contribution in [0.5, 0.6) is 0 Å². The molecule has 26 heavy (non-hydrogen) atoms. The quantitative estimate of drug-likeness (QED) is 0.684. The summed E-state index contributed by atoms with van der Waals surface area (Å²) in [5, 5.41) is 3.53. The third-order valence-corrected chi connectivity index (χ3v) is 4.83. The predicted molar refractivity (Wildman–Crippen MR) is 99.9 cm³/mol. The molecule has 6 heteroatoms. The average molecular weight is 370 g/mol. The van der Waals surface area contributed by atoms with Crippen molar-refractivity contribution in [3.63, 3.8) is 0 Å². The molecule has 2 aromatic carbocycles. The number of aromatic nitrogens is 1. The van der Waals surface area contributed by atoms with Gasteiger partial charge >= 0.3 is 6.03 Å². The number of fused-ring (bicyclic) bond motifs is 1. The van der Waals surface area contributed by atoms with E-state index in [0.29, 0.717) is 23.8 Å². The maximum atomic E-state index is 13.4. The molecule has 132 valence electrons. The Bertz CT molecular complexity index is 921. The molecule has 4 nitrogen and oxygen atoms in total. The number of rotatable bonds is 2. The van der Waals surface area contributed by atoms with E-state index in [-0.39, 0.29) is 17.9 Å². The van der Waals surface area contributed by atoms with E-state index in [2.05, 4.69) is 9.88 Å². The van der Waals surface area contributed by atoms with Crippen molar-refractivity contribution in [2.24, 2.45) is 0 Å². The van der Waals surface area contributed by atoms with Crippen molar-refractivity contribution in [2.75, 3.05) is 11.9 Å². The van der Waals surface area contributed by atoms with Gasteiger partial charge in [0.2, 0.25) is 0 Å². The lowest BCUT2D eigenvalue weighted by Crippen LogP contribution is -2.44. The monoisotopic (exact) mass is 369 g/mol. The summed E-state index contributed by atoms with van der Waals surface area (Å²) >= 11 is 5.90. The van der Waals surface area contributed by atoms with E-state index in [1.54, 1.807) is 41.3 Å². The fourth-order valence-corrected chi connectivity index (χ4v) is 3.45. The molecule has 0 saturated carbocycles. The zero-order chi connectivity index (χ0) is 18.1. The third-order valence-electron chi connectivity index (χ3n) is 4.58. The molecule has 3 aromatic rings. The Balaban J connectivity index is 1.66. The van der Waals surface area contributed by atoms with Gasteiger partial charge in [0.1, 0.15) is 5.82 Å². The Morgan fingerprint density at radius 2 is 1.77 bits per heavy atom. The van der Waals surface area contributed by atoms with Gasteiger partial charge in [-0.15, -0.1) is 0 Å². The molecule has 0 fully saturated rings. The van der Waals surface area contributed by atoms with Crippen LogP contribution in [0.3, 0.4) is 0 Å². The fraction of sp³-hybridized carbons (Fsp3) is 0.150. The first-order valence-corrected chi connectivity index (χ1v) is 8.73. The van der Waals surface area contributed by atoms with Crippen molar-refractivity contribution in [1.29, 1.82) is 0 Å². The first kappa shape index (κ1) is 16.7. The summed E-state index contributed by atoms with van der Waals surface area (Å²) in [5.41, 5.74) is 2.56. The van der Waals surface area contributed by atoms with Gasteiger partial charge in [-0.1, -0.05) is 23.7 Å². The first-order valence-electron chi connectivity index (χ1n) is 8.35. The molecule has 0 radical (unpaired) electrons. The second-order valence-corrected chi connectivity index (χ2v) is 6.65. The largest absolute Gasteiger partial charge is 0.348 e. The number of urea groups is 1. The first-order chi connectivity index (χ1) is 12.6. The third kappa shape index (κ3) is 3.18. The number of anilines is 1. The number of carbonyl (C=O) groups is 1.